The van der Waals surface area contributed by atoms with E-state index in [1.165, 1.54) is 0 Å². The molecule has 0 aromatic heterocycles. The quantitative estimate of drug-likeness (QED) is 0.256. The van der Waals surface area contributed by atoms with Crippen LogP contribution in [-0.4, -0.2) is 75.6 Å². The van der Waals surface area contributed by atoms with Crippen molar-refractivity contribution in [3.8, 4) is 0 Å². The van der Waals surface area contributed by atoms with Gasteiger partial charge in [-0.2, -0.15) is 0 Å². The smallest absolute Gasteiger partial charge is 0.333 e. The average molecular weight is 334 g/mol. The van der Waals surface area contributed by atoms with Gasteiger partial charge in [0.1, 0.15) is 6.61 Å². The van der Waals surface area contributed by atoms with E-state index >= 15 is 0 Å². The van der Waals surface area contributed by atoms with Crippen LogP contribution in [0.15, 0.2) is 12.2 Å². The largest absolute Gasteiger partial charge is 0.460 e. The monoisotopic (exact) mass is 334 g/mol. The number of aliphatic hydroxyl groups excluding tert-OH is 2. The van der Waals surface area contributed by atoms with E-state index in [2.05, 4.69) is 6.58 Å². The standard InChI is InChI=1S/C16H30O7/c1-4-16(11-20-7-5-17,12-21-8-6-18)13-22-9-10-23-15(19)14(2)3/h17-18H,2,4-13H2,1,3H3. The normalized spacial score (nSPS) is 11.5. The van der Waals surface area contributed by atoms with Crippen LogP contribution in [0.5, 0.6) is 0 Å². The molecule has 0 amide bonds. The molecule has 0 bridgehead atoms. The van der Waals surface area contributed by atoms with Crippen LogP contribution in [0.2, 0.25) is 0 Å². The van der Waals surface area contributed by atoms with Crippen LogP contribution in [0.3, 0.4) is 0 Å². The van der Waals surface area contributed by atoms with Crippen molar-refractivity contribution in [1.29, 1.82) is 0 Å². The highest BCUT2D eigenvalue weighted by Crippen LogP contribution is 2.24. The van der Waals surface area contributed by atoms with Crippen LogP contribution in [0.4, 0.5) is 0 Å². The molecule has 0 atom stereocenters. The first-order valence-electron chi connectivity index (χ1n) is 7.79. The van der Waals surface area contributed by atoms with Crippen LogP contribution < -0.4 is 0 Å². The number of ether oxygens (including phenoxy) is 4. The first kappa shape index (κ1) is 22.0. The molecule has 0 saturated heterocycles. The van der Waals surface area contributed by atoms with Crippen molar-refractivity contribution in [2.45, 2.75) is 20.3 Å². The molecule has 0 saturated carbocycles. The summed E-state index contributed by atoms with van der Waals surface area (Å²) in [6.45, 7) is 9.02. The summed E-state index contributed by atoms with van der Waals surface area (Å²) in [7, 11) is 0. The molecular weight excluding hydrogens is 304 g/mol. The fourth-order valence-electron chi connectivity index (χ4n) is 1.74. The predicted octanol–water partition coefficient (Wildman–Crippen LogP) is 0.536. The molecule has 0 aromatic rings. The summed E-state index contributed by atoms with van der Waals surface area (Å²) in [5.41, 5.74) is -0.0226. The number of esters is 1. The van der Waals surface area contributed by atoms with Crippen molar-refractivity contribution in [1.82, 2.24) is 0 Å². The minimum atomic E-state index is -0.437. The van der Waals surface area contributed by atoms with Crippen LogP contribution in [-0.2, 0) is 23.7 Å². The van der Waals surface area contributed by atoms with Crippen molar-refractivity contribution in [2.24, 2.45) is 5.41 Å². The molecule has 0 aromatic carbocycles. The first-order chi connectivity index (χ1) is 11.0. The average Bonchev–Trinajstić information content (AvgIpc) is 2.54. The summed E-state index contributed by atoms with van der Waals surface area (Å²) in [4.78, 5) is 11.2. The summed E-state index contributed by atoms with van der Waals surface area (Å²) in [6.07, 6.45) is 0.745. The minimum absolute atomic E-state index is 0.0466. The second-order valence-electron chi connectivity index (χ2n) is 5.37. The molecule has 0 unspecified atom stereocenters. The van der Waals surface area contributed by atoms with E-state index in [9.17, 15) is 4.79 Å². The molecule has 23 heavy (non-hydrogen) atoms. The molecule has 0 fully saturated rings. The van der Waals surface area contributed by atoms with Crippen molar-refractivity contribution in [3.63, 3.8) is 0 Å². The van der Waals surface area contributed by atoms with Crippen molar-refractivity contribution < 1.29 is 34.0 Å². The van der Waals surface area contributed by atoms with Gasteiger partial charge in [-0.3, -0.25) is 0 Å². The number of hydrogen-bond acceptors (Lipinski definition) is 7. The van der Waals surface area contributed by atoms with E-state index in [0.717, 1.165) is 6.42 Å². The van der Waals surface area contributed by atoms with Gasteiger partial charge in [0.25, 0.3) is 0 Å². The number of rotatable bonds is 15. The van der Waals surface area contributed by atoms with E-state index in [-0.39, 0.29) is 45.1 Å². The zero-order valence-electron chi connectivity index (χ0n) is 14.2. The summed E-state index contributed by atoms with van der Waals surface area (Å²) >= 11 is 0. The molecule has 136 valence electrons. The zero-order valence-corrected chi connectivity index (χ0v) is 14.2. The molecule has 0 aliphatic rings. The second kappa shape index (κ2) is 13.4. The summed E-state index contributed by atoms with van der Waals surface area (Å²) < 4.78 is 21.4. The predicted molar refractivity (Wildman–Crippen MR) is 85.1 cm³/mol. The van der Waals surface area contributed by atoms with Crippen LogP contribution in [0, 0.1) is 5.41 Å². The van der Waals surface area contributed by atoms with Crippen molar-refractivity contribution in [3.05, 3.63) is 12.2 Å². The van der Waals surface area contributed by atoms with Gasteiger partial charge in [0.15, 0.2) is 0 Å². The lowest BCUT2D eigenvalue weighted by atomic mass is 9.88. The molecule has 0 rings (SSSR count). The van der Waals surface area contributed by atoms with E-state index < -0.39 is 5.97 Å². The number of aliphatic hydroxyl groups is 2. The lowest BCUT2D eigenvalue weighted by molar-refractivity contribution is -0.141. The van der Waals surface area contributed by atoms with Gasteiger partial charge in [-0.25, -0.2) is 4.79 Å². The van der Waals surface area contributed by atoms with E-state index in [1.54, 1.807) is 6.92 Å². The van der Waals surface area contributed by atoms with E-state index in [0.29, 0.717) is 25.4 Å². The third-order valence-corrected chi connectivity index (χ3v) is 3.26. The maximum atomic E-state index is 11.2. The Kier molecular flexibility index (Phi) is 12.9. The highest BCUT2D eigenvalue weighted by molar-refractivity contribution is 5.86. The third-order valence-electron chi connectivity index (χ3n) is 3.26. The van der Waals surface area contributed by atoms with E-state index in [1.807, 2.05) is 6.92 Å². The zero-order chi connectivity index (χ0) is 17.6. The summed E-state index contributed by atoms with van der Waals surface area (Å²) in [6, 6.07) is 0. The van der Waals surface area contributed by atoms with Gasteiger partial charge in [-0.05, 0) is 13.3 Å². The van der Waals surface area contributed by atoms with Crippen molar-refractivity contribution >= 4 is 5.97 Å². The Labute approximate surface area is 138 Å². The maximum absolute atomic E-state index is 11.2. The van der Waals surface area contributed by atoms with Gasteiger partial charge in [0, 0.05) is 11.0 Å². The fraction of sp³-hybridized carbons (Fsp3) is 0.812. The first-order valence-corrected chi connectivity index (χ1v) is 7.79. The van der Waals surface area contributed by atoms with Gasteiger partial charge >= 0.3 is 5.97 Å². The SMILES string of the molecule is C=C(C)C(=O)OCCOCC(CC)(COCCO)COCCO. The summed E-state index contributed by atoms with van der Waals surface area (Å²) in [5.74, 6) is -0.437. The van der Waals surface area contributed by atoms with Gasteiger partial charge in [-0.15, -0.1) is 0 Å². The third kappa shape index (κ3) is 10.4. The Bertz CT molecular complexity index is 320. The highest BCUT2D eigenvalue weighted by atomic mass is 16.6. The van der Waals surface area contributed by atoms with Gasteiger partial charge in [0.2, 0.25) is 0 Å². The topological polar surface area (TPSA) is 94.5 Å². The number of carbonyl (C=O) groups excluding carboxylic acids is 1. The van der Waals surface area contributed by atoms with E-state index in [4.69, 9.17) is 29.2 Å². The molecule has 0 radical (unpaired) electrons. The Morgan fingerprint density at radius 3 is 1.83 bits per heavy atom. The maximum Gasteiger partial charge on any atom is 0.333 e. The molecule has 7 heteroatoms. The number of hydrogen-bond donors (Lipinski definition) is 2. The second-order valence-corrected chi connectivity index (χ2v) is 5.37. The minimum Gasteiger partial charge on any atom is -0.460 e. The highest BCUT2D eigenvalue weighted by Gasteiger charge is 2.29. The van der Waals surface area contributed by atoms with Gasteiger partial charge < -0.3 is 29.2 Å². The Balaban J connectivity index is 4.26. The Morgan fingerprint density at radius 2 is 1.43 bits per heavy atom. The molecule has 0 aliphatic carbocycles. The molecule has 0 spiro atoms. The van der Waals surface area contributed by atoms with Crippen molar-refractivity contribution in [2.75, 3.05) is 59.5 Å². The molecule has 2 N–H and O–H groups in total. The van der Waals surface area contributed by atoms with Gasteiger partial charge in [0.05, 0.1) is 52.9 Å². The number of carbonyl (C=O) groups is 1. The van der Waals surface area contributed by atoms with Crippen LogP contribution >= 0.6 is 0 Å². The Morgan fingerprint density at radius 1 is 0.957 bits per heavy atom. The molecule has 7 nitrogen and oxygen atoms in total. The molecule has 0 heterocycles. The fourth-order valence-corrected chi connectivity index (χ4v) is 1.74. The lowest BCUT2D eigenvalue weighted by Crippen LogP contribution is -2.38. The Hall–Kier alpha value is -0.990. The lowest BCUT2D eigenvalue weighted by Gasteiger charge is -2.32. The van der Waals surface area contributed by atoms with Crippen LogP contribution in [0.25, 0.3) is 0 Å². The van der Waals surface area contributed by atoms with Gasteiger partial charge in [-0.1, -0.05) is 13.5 Å². The molecule has 0 aliphatic heterocycles. The summed E-state index contributed by atoms with van der Waals surface area (Å²) in [5, 5.41) is 17.6. The molecular formula is C16H30O7. The van der Waals surface area contributed by atoms with Crippen LogP contribution in [0.1, 0.15) is 20.3 Å².